The van der Waals surface area contributed by atoms with Crippen LogP contribution in [0.3, 0.4) is 0 Å². The number of pyridine rings is 4. The smallest absolute Gasteiger partial charge is 0.254 e. The summed E-state index contributed by atoms with van der Waals surface area (Å²) in [4.78, 5) is 31.4. The van der Waals surface area contributed by atoms with E-state index in [-0.39, 0.29) is 5.91 Å². The molecular formula is C25H21N7O. The van der Waals surface area contributed by atoms with Crippen molar-refractivity contribution in [1.29, 1.82) is 0 Å². The van der Waals surface area contributed by atoms with Gasteiger partial charge in [-0.2, -0.15) is 5.10 Å². The number of aromatic nitrogens is 6. The molecule has 0 spiro atoms. The van der Waals surface area contributed by atoms with Crippen LogP contribution in [0, 0.1) is 0 Å². The number of fused-ring (bicyclic) bond motifs is 1. The molecule has 0 aliphatic rings. The highest BCUT2D eigenvalue weighted by Crippen LogP contribution is 2.31. The largest absolute Gasteiger partial charge is 0.345 e. The van der Waals surface area contributed by atoms with Crippen molar-refractivity contribution in [3.63, 3.8) is 0 Å². The molecule has 0 atom stereocenters. The summed E-state index contributed by atoms with van der Waals surface area (Å²) in [5.41, 5.74) is 6.55. The number of hydrogen-bond acceptors (Lipinski definition) is 6. The average molecular weight is 435 g/mol. The lowest BCUT2D eigenvalue weighted by atomic mass is 10.0. The van der Waals surface area contributed by atoms with Gasteiger partial charge in [-0.15, -0.1) is 0 Å². The zero-order valence-electron chi connectivity index (χ0n) is 18.5. The van der Waals surface area contributed by atoms with Crippen molar-refractivity contribution in [3.8, 4) is 33.6 Å². The van der Waals surface area contributed by atoms with Crippen LogP contribution in [0.5, 0.6) is 0 Å². The van der Waals surface area contributed by atoms with E-state index in [2.05, 4.69) is 31.1 Å². The Morgan fingerprint density at radius 2 is 1.64 bits per heavy atom. The maximum atomic E-state index is 12.1. The molecule has 0 aromatic carbocycles. The first-order chi connectivity index (χ1) is 16.0. The fraction of sp³-hybridized carbons (Fsp3) is 0.120. The molecule has 0 saturated carbocycles. The van der Waals surface area contributed by atoms with Crippen LogP contribution in [0.4, 0.5) is 0 Å². The van der Waals surface area contributed by atoms with Gasteiger partial charge < -0.3 is 4.90 Å². The Hall–Kier alpha value is -4.46. The van der Waals surface area contributed by atoms with Crippen molar-refractivity contribution in [3.05, 3.63) is 79.1 Å². The molecule has 8 heteroatoms. The van der Waals surface area contributed by atoms with Gasteiger partial charge in [0, 0.05) is 86.0 Å². The number of carbonyl (C=O) groups is 1. The molecule has 0 N–H and O–H groups in total. The average Bonchev–Trinajstić information content (AvgIpc) is 3.20. The number of nitrogens with zero attached hydrogens (tertiary/aromatic N) is 7. The van der Waals surface area contributed by atoms with Crippen LogP contribution < -0.4 is 0 Å². The molecule has 1 amide bonds. The second-order valence-electron chi connectivity index (χ2n) is 7.90. The molecule has 162 valence electrons. The third-order valence-electron chi connectivity index (χ3n) is 5.40. The first-order valence-corrected chi connectivity index (χ1v) is 10.4. The molecule has 5 heterocycles. The van der Waals surface area contributed by atoms with E-state index in [0.29, 0.717) is 5.56 Å². The molecular weight excluding hydrogens is 414 g/mol. The predicted octanol–water partition coefficient (Wildman–Crippen LogP) is 3.86. The van der Waals surface area contributed by atoms with Crippen molar-refractivity contribution in [2.75, 3.05) is 14.1 Å². The number of aryl methyl sites for hydroxylation is 1. The van der Waals surface area contributed by atoms with Gasteiger partial charge in [0.05, 0.1) is 11.3 Å². The molecule has 0 unspecified atom stereocenters. The molecule has 0 fully saturated rings. The summed E-state index contributed by atoms with van der Waals surface area (Å²) in [6, 6.07) is 11.6. The zero-order valence-corrected chi connectivity index (χ0v) is 18.5. The van der Waals surface area contributed by atoms with E-state index in [1.54, 1.807) is 55.8 Å². The summed E-state index contributed by atoms with van der Waals surface area (Å²) in [6.45, 7) is 0. The van der Waals surface area contributed by atoms with Gasteiger partial charge in [-0.05, 0) is 36.4 Å². The number of hydrogen-bond donors (Lipinski definition) is 0. The normalized spacial score (nSPS) is 11.0. The Labute approximate surface area is 190 Å². The van der Waals surface area contributed by atoms with E-state index in [1.165, 1.54) is 4.90 Å². The molecule has 33 heavy (non-hydrogen) atoms. The van der Waals surface area contributed by atoms with Crippen LogP contribution in [0.1, 0.15) is 10.4 Å². The molecule has 5 rings (SSSR count). The minimum absolute atomic E-state index is 0.0822. The van der Waals surface area contributed by atoms with E-state index in [9.17, 15) is 4.79 Å². The van der Waals surface area contributed by atoms with Gasteiger partial charge in [0.25, 0.3) is 5.91 Å². The molecule has 5 aromatic heterocycles. The van der Waals surface area contributed by atoms with E-state index < -0.39 is 0 Å². The van der Waals surface area contributed by atoms with Gasteiger partial charge in [0.15, 0.2) is 5.65 Å². The van der Waals surface area contributed by atoms with Crippen LogP contribution in [0.25, 0.3) is 44.7 Å². The highest BCUT2D eigenvalue weighted by atomic mass is 16.2. The van der Waals surface area contributed by atoms with Crippen molar-refractivity contribution >= 4 is 16.9 Å². The van der Waals surface area contributed by atoms with E-state index in [4.69, 9.17) is 0 Å². The summed E-state index contributed by atoms with van der Waals surface area (Å²) in [7, 11) is 5.32. The Bertz CT molecular complexity index is 1460. The fourth-order valence-electron chi connectivity index (χ4n) is 3.70. The molecule has 0 aliphatic heterocycles. The Morgan fingerprint density at radius 1 is 0.848 bits per heavy atom. The lowest BCUT2D eigenvalue weighted by Crippen LogP contribution is -2.21. The van der Waals surface area contributed by atoms with Crippen LogP contribution in [-0.2, 0) is 7.05 Å². The minimum atomic E-state index is -0.0822. The molecule has 0 saturated heterocycles. The summed E-state index contributed by atoms with van der Waals surface area (Å²) >= 11 is 0. The minimum Gasteiger partial charge on any atom is -0.345 e. The lowest BCUT2D eigenvalue weighted by Gasteiger charge is -2.10. The molecule has 8 nitrogen and oxygen atoms in total. The number of amides is 1. The topological polar surface area (TPSA) is 89.7 Å². The monoisotopic (exact) mass is 435 g/mol. The second kappa shape index (κ2) is 8.23. The third kappa shape index (κ3) is 3.82. The summed E-state index contributed by atoms with van der Waals surface area (Å²) in [5, 5.41) is 5.59. The van der Waals surface area contributed by atoms with Crippen molar-refractivity contribution in [2.45, 2.75) is 0 Å². The lowest BCUT2D eigenvalue weighted by molar-refractivity contribution is 0.0827. The number of rotatable bonds is 4. The quantitative estimate of drug-likeness (QED) is 0.426. The highest BCUT2D eigenvalue weighted by molar-refractivity contribution is 5.94. The van der Waals surface area contributed by atoms with E-state index in [0.717, 1.165) is 44.7 Å². The van der Waals surface area contributed by atoms with E-state index in [1.807, 2.05) is 37.5 Å². The van der Waals surface area contributed by atoms with Gasteiger partial charge in [-0.3, -0.25) is 19.7 Å². The Morgan fingerprint density at radius 3 is 2.36 bits per heavy atom. The second-order valence-corrected chi connectivity index (χ2v) is 7.90. The van der Waals surface area contributed by atoms with Gasteiger partial charge >= 0.3 is 0 Å². The molecule has 5 aromatic rings. The molecule has 0 radical (unpaired) electrons. The van der Waals surface area contributed by atoms with Gasteiger partial charge in [0.1, 0.15) is 5.69 Å². The highest BCUT2D eigenvalue weighted by Gasteiger charge is 2.14. The fourth-order valence-corrected chi connectivity index (χ4v) is 3.70. The van der Waals surface area contributed by atoms with E-state index >= 15 is 0 Å². The summed E-state index contributed by atoms with van der Waals surface area (Å²) in [6.07, 6.45) is 10.5. The first-order valence-electron chi connectivity index (χ1n) is 10.4. The summed E-state index contributed by atoms with van der Waals surface area (Å²) < 4.78 is 1.77. The first kappa shape index (κ1) is 20.4. The van der Waals surface area contributed by atoms with Crippen LogP contribution in [-0.4, -0.2) is 54.6 Å². The van der Waals surface area contributed by atoms with Crippen LogP contribution >= 0.6 is 0 Å². The Kier molecular flexibility index (Phi) is 5.10. The Balaban J connectivity index is 1.54. The van der Waals surface area contributed by atoms with Gasteiger partial charge in [-0.25, -0.2) is 9.67 Å². The van der Waals surface area contributed by atoms with Crippen LogP contribution in [0.15, 0.2) is 73.6 Å². The maximum Gasteiger partial charge on any atom is 0.254 e. The maximum absolute atomic E-state index is 12.1. The SMILES string of the molecule is CN(C)C(=O)c1ccc(-c2cncc(-c3cnc4c(c3)c(-c3cccnc3)nn4C)c2)nc1. The van der Waals surface area contributed by atoms with Gasteiger partial charge in [0.2, 0.25) is 0 Å². The van der Waals surface area contributed by atoms with Crippen molar-refractivity contribution < 1.29 is 4.79 Å². The zero-order chi connectivity index (χ0) is 22.9. The van der Waals surface area contributed by atoms with Crippen molar-refractivity contribution in [1.82, 2.24) is 34.6 Å². The van der Waals surface area contributed by atoms with Crippen molar-refractivity contribution in [2.24, 2.45) is 7.05 Å². The van der Waals surface area contributed by atoms with Crippen LogP contribution in [0.2, 0.25) is 0 Å². The standard InChI is InChI=1S/C25H21N7O/c1-31(2)25(33)17-6-7-22(28-14-17)20-9-18(12-27-13-20)19-10-21-23(16-5-4-8-26-11-16)30-32(3)24(21)29-15-19/h4-15H,1-3H3. The number of carbonyl (C=O) groups excluding carboxylic acids is 1. The van der Waals surface area contributed by atoms with Gasteiger partial charge in [-0.1, -0.05) is 0 Å². The molecule has 0 aliphatic carbocycles. The predicted molar refractivity (Wildman–Crippen MR) is 126 cm³/mol. The molecule has 0 bridgehead atoms. The summed E-state index contributed by atoms with van der Waals surface area (Å²) in [5.74, 6) is -0.0822. The third-order valence-corrected chi connectivity index (χ3v) is 5.40.